The van der Waals surface area contributed by atoms with Crippen molar-refractivity contribution in [1.82, 2.24) is 24.9 Å². The minimum atomic E-state index is -3.83. The predicted octanol–water partition coefficient (Wildman–Crippen LogP) is -5.80. The molecule has 1 aromatic carbocycles. The summed E-state index contributed by atoms with van der Waals surface area (Å²) in [5.74, 6) is -4.09. The summed E-state index contributed by atoms with van der Waals surface area (Å²) in [5.41, 5.74) is 0.664. The number of hydrogen-bond donors (Lipinski definition) is 2. The van der Waals surface area contributed by atoms with Gasteiger partial charge in [0.25, 0.3) is 0 Å². The summed E-state index contributed by atoms with van der Waals surface area (Å²) in [5, 5.41) is 41.6. The molecule has 0 spiro atoms. The average Bonchev–Trinajstić information content (AvgIpc) is 2.86. The minimum absolute atomic E-state index is 0. The molecular weight excluding hydrogens is 718 g/mol. The van der Waals surface area contributed by atoms with E-state index >= 15 is 0 Å². The summed E-state index contributed by atoms with van der Waals surface area (Å²) in [6, 6.07) is 5.78. The van der Waals surface area contributed by atoms with Crippen molar-refractivity contribution in [2.45, 2.75) is 24.3 Å². The zero-order chi connectivity index (χ0) is 30.4. The van der Waals surface area contributed by atoms with Gasteiger partial charge in [0.1, 0.15) is 0 Å². The van der Waals surface area contributed by atoms with E-state index in [1.165, 1.54) is 12.1 Å². The number of benzene rings is 1. The monoisotopic (exact) mass is 755 g/mol. The summed E-state index contributed by atoms with van der Waals surface area (Å²) < 4.78 is 22.8. The molecular formula is C25H37GdN6O9S. The topological polar surface area (TPSA) is 223 Å². The Labute approximate surface area is 277 Å². The molecule has 1 fully saturated rings. The van der Waals surface area contributed by atoms with E-state index in [1.807, 2.05) is 4.90 Å². The number of rotatable bonds is 11. The molecule has 0 atom stereocenters. The van der Waals surface area contributed by atoms with Gasteiger partial charge in [0.2, 0.25) is 15.9 Å². The molecule has 0 unspecified atom stereocenters. The van der Waals surface area contributed by atoms with Gasteiger partial charge in [-0.1, -0.05) is 12.1 Å². The number of nitrogens with one attached hydrogen (secondary N) is 1. The van der Waals surface area contributed by atoms with E-state index in [1.54, 1.807) is 26.8 Å². The molecule has 1 aliphatic rings. The van der Waals surface area contributed by atoms with E-state index in [0.717, 1.165) is 0 Å². The number of carbonyl (C=O) groups excluding carboxylic acids is 4. The molecule has 1 heterocycles. The average molecular weight is 755 g/mol. The van der Waals surface area contributed by atoms with Crippen LogP contribution in [0.25, 0.3) is 0 Å². The fraction of sp³-hybridized carbons (Fsp3) is 0.600. The van der Waals surface area contributed by atoms with Crippen molar-refractivity contribution in [3.05, 3.63) is 29.8 Å². The quantitative estimate of drug-likeness (QED) is 0.215. The Balaban J connectivity index is 0.00000882. The number of nitrogens with zero attached hydrogens (tertiary/aromatic N) is 4. The summed E-state index contributed by atoms with van der Waals surface area (Å²) in [7, 11) is -3.83. The molecule has 1 amide bonds. The first kappa shape index (κ1) is 38.2. The largest absolute Gasteiger partial charge is 3.00 e. The van der Waals surface area contributed by atoms with Crippen molar-refractivity contribution in [1.29, 1.82) is 0 Å². The number of hydrogen-bond acceptors (Lipinski definition) is 13. The molecule has 0 saturated carbocycles. The van der Waals surface area contributed by atoms with Gasteiger partial charge in [-0.3, -0.25) is 24.4 Å². The van der Waals surface area contributed by atoms with Crippen LogP contribution in [0, 0.1) is 39.9 Å². The van der Waals surface area contributed by atoms with E-state index in [4.69, 9.17) is 5.14 Å². The second-order valence-corrected chi connectivity index (χ2v) is 11.5. The molecule has 0 aromatic heterocycles. The van der Waals surface area contributed by atoms with Crippen molar-refractivity contribution >= 4 is 33.8 Å². The second-order valence-electron chi connectivity index (χ2n) is 9.89. The van der Waals surface area contributed by atoms with Crippen LogP contribution in [0.5, 0.6) is 0 Å². The third-order valence-electron chi connectivity index (χ3n) is 6.53. The summed E-state index contributed by atoms with van der Waals surface area (Å²) >= 11 is 0. The number of carbonyl (C=O) groups is 4. The normalized spacial score (nSPS) is 17.5. The van der Waals surface area contributed by atoms with E-state index < -0.39 is 27.9 Å². The van der Waals surface area contributed by atoms with Crippen LogP contribution < -0.4 is 25.8 Å². The van der Waals surface area contributed by atoms with Gasteiger partial charge >= 0.3 is 39.9 Å². The fourth-order valence-electron chi connectivity index (χ4n) is 4.49. The maximum Gasteiger partial charge on any atom is 3.00 e. The first-order chi connectivity index (χ1) is 19.3. The van der Waals surface area contributed by atoms with Crippen molar-refractivity contribution in [3.63, 3.8) is 0 Å². The zero-order valence-electron chi connectivity index (χ0n) is 23.2. The van der Waals surface area contributed by atoms with Crippen molar-refractivity contribution < 1.29 is 82.9 Å². The first-order valence-electron chi connectivity index (χ1n) is 13.2. The Morgan fingerprint density at radius 3 is 1.36 bits per heavy atom. The Bertz CT molecular complexity index is 1140. The third-order valence-corrected chi connectivity index (χ3v) is 7.46. The Morgan fingerprint density at radius 2 is 1.02 bits per heavy atom. The second kappa shape index (κ2) is 19.5. The van der Waals surface area contributed by atoms with Crippen LogP contribution >= 0.6 is 0 Å². The number of carboxylic acid groups (broad SMARTS) is 3. The number of aliphatic carboxylic acids is 3. The van der Waals surface area contributed by atoms with Crippen molar-refractivity contribution in [2.24, 2.45) is 5.14 Å². The third kappa shape index (κ3) is 16.1. The van der Waals surface area contributed by atoms with E-state index in [0.29, 0.717) is 57.7 Å². The van der Waals surface area contributed by atoms with Crippen LogP contribution in [0.15, 0.2) is 29.2 Å². The van der Waals surface area contributed by atoms with Gasteiger partial charge < -0.3 is 35.0 Å². The standard InChI is InChI=1S/C25H40N6O9S.Gd/c26-41(39,40)21-5-3-20(4-6-21)15-27-22(32)16-28-7-1-8-30(18-24(35)36)13-14-31(19-25(37)38)10-2-9-29(12-11-28)17-23(33)34;/h3-6H,1-2,7-19H2,(H,27,32)(H,33,34)(H,35,36)(H,37,38)(H2,26,39,40);/q;+3/p-3. The van der Waals surface area contributed by atoms with Gasteiger partial charge in [0.15, 0.2) is 0 Å². The van der Waals surface area contributed by atoms with Crippen LogP contribution in [0.1, 0.15) is 18.4 Å². The van der Waals surface area contributed by atoms with Gasteiger partial charge in [-0.05, 0) is 56.7 Å². The Hall–Kier alpha value is -1.83. The van der Waals surface area contributed by atoms with Crippen LogP contribution in [0.3, 0.4) is 0 Å². The molecule has 1 radical (unpaired) electrons. The van der Waals surface area contributed by atoms with Gasteiger partial charge in [-0.15, -0.1) is 0 Å². The number of nitrogens with two attached hydrogens (primary N) is 1. The van der Waals surface area contributed by atoms with E-state index in [9.17, 15) is 42.9 Å². The van der Waals surface area contributed by atoms with Gasteiger partial charge in [-0.2, -0.15) is 0 Å². The molecule has 17 heteroatoms. The maximum atomic E-state index is 12.7. The van der Waals surface area contributed by atoms with Crippen LogP contribution in [0.2, 0.25) is 0 Å². The predicted molar refractivity (Wildman–Crippen MR) is 140 cm³/mol. The summed E-state index contributed by atoms with van der Waals surface area (Å²) in [4.78, 5) is 53.2. The number of amides is 1. The number of carboxylic acids is 3. The molecule has 2 rings (SSSR count). The summed E-state index contributed by atoms with van der Waals surface area (Å²) in [6.07, 6.45) is 0.933. The molecule has 1 saturated heterocycles. The molecule has 1 aliphatic heterocycles. The molecule has 3 N–H and O–H groups in total. The van der Waals surface area contributed by atoms with E-state index in [2.05, 4.69) is 5.32 Å². The van der Waals surface area contributed by atoms with Crippen LogP contribution in [-0.2, 0) is 35.7 Å². The van der Waals surface area contributed by atoms with Crippen molar-refractivity contribution in [3.8, 4) is 0 Å². The number of sulfonamides is 1. The minimum Gasteiger partial charge on any atom is -0.549 e. The Morgan fingerprint density at radius 1 is 0.667 bits per heavy atom. The van der Waals surface area contributed by atoms with Crippen LogP contribution in [0.4, 0.5) is 0 Å². The van der Waals surface area contributed by atoms with Crippen LogP contribution in [-0.4, -0.2) is 130 Å². The van der Waals surface area contributed by atoms with E-state index in [-0.39, 0.29) is 96.6 Å². The molecule has 235 valence electrons. The van der Waals surface area contributed by atoms with Gasteiger partial charge in [-0.25, -0.2) is 13.6 Å². The van der Waals surface area contributed by atoms with Crippen molar-refractivity contribution in [2.75, 3.05) is 78.5 Å². The molecule has 0 aliphatic carbocycles. The van der Waals surface area contributed by atoms with Gasteiger partial charge in [0.05, 0.1) is 29.3 Å². The maximum absolute atomic E-state index is 12.7. The molecule has 1 aromatic rings. The zero-order valence-corrected chi connectivity index (χ0v) is 26.3. The van der Waals surface area contributed by atoms with Gasteiger partial charge in [0, 0.05) is 52.4 Å². The smallest absolute Gasteiger partial charge is 0.549 e. The Kier molecular flexibility index (Phi) is 17.7. The molecule has 15 nitrogen and oxygen atoms in total. The fourth-order valence-corrected chi connectivity index (χ4v) is 5.00. The molecule has 42 heavy (non-hydrogen) atoms. The first-order valence-corrected chi connectivity index (χ1v) is 14.7. The summed E-state index contributed by atoms with van der Waals surface area (Å²) in [6.45, 7) is 1.77. The molecule has 0 bridgehead atoms. The SMILES string of the molecule is NS(=O)(=O)c1ccc(CNC(=O)CN2CCCN(CC(=O)[O-])CCN(CC(=O)[O-])CCCN(CC(=O)[O-])CC2)cc1.[Gd+3]. The number of primary sulfonamides is 1.